The van der Waals surface area contributed by atoms with E-state index in [1.54, 1.807) is 36.5 Å². The molecule has 0 saturated carbocycles. The molecule has 1 fully saturated rings. The van der Waals surface area contributed by atoms with Crippen LogP contribution in [0.25, 0.3) is 0 Å². The highest BCUT2D eigenvalue weighted by molar-refractivity contribution is 7.89. The molecule has 2 aromatic rings. The van der Waals surface area contributed by atoms with Gasteiger partial charge in [-0.3, -0.25) is 4.98 Å². The van der Waals surface area contributed by atoms with Crippen molar-refractivity contribution >= 4 is 20.0 Å². The molecule has 1 aliphatic heterocycles. The lowest BCUT2D eigenvalue weighted by molar-refractivity contribution is 0.135. The van der Waals surface area contributed by atoms with Crippen LogP contribution in [0, 0.1) is 5.92 Å². The van der Waals surface area contributed by atoms with Gasteiger partial charge in [-0.1, -0.05) is 19.9 Å². The topological polar surface area (TPSA) is 96.9 Å². The average molecular weight is 482 g/mol. The standard InChI is InChI=1S/C22H31N3O5S2/c1-18(2)16-25(17-19-6-4-5-13-23-19)32(28,29)22-9-7-20(8-10-22)30-21-11-14-24(15-12-21)31(3,26)27/h4-10,13,18,21H,11-12,14-17H2,1-3H3. The Balaban J connectivity index is 1.69. The number of piperidine rings is 1. The molecule has 1 aliphatic rings. The summed E-state index contributed by atoms with van der Waals surface area (Å²) in [5, 5.41) is 0. The third-order valence-electron chi connectivity index (χ3n) is 5.27. The number of rotatable bonds is 9. The fourth-order valence-electron chi connectivity index (χ4n) is 3.64. The highest BCUT2D eigenvalue weighted by atomic mass is 32.2. The Kier molecular flexibility index (Phi) is 7.92. The van der Waals surface area contributed by atoms with Gasteiger partial charge in [0.2, 0.25) is 20.0 Å². The number of pyridine rings is 1. The van der Waals surface area contributed by atoms with Crippen molar-refractivity contribution in [2.24, 2.45) is 5.92 Å². The number of benzene rings is 1. The molecule has 0 aliphatic carbocycles. The number of sulfonamides is 2. The number of nitrogens with zero attached hydrogens (tertiary/aromatic N) is 3. The van der Waals surface area contributed by atoms with Crippen LogP contribution in [0.15, 0.2) is 53.6 Å². The van der Waals surface area contributed by atoms with E-state index in [2.05, 4.69) is 4.98 Å². The lowest BCUT2D eigenvalue weighted by Gasteiger charge is -2.30. The van der Waals surface area contributed by atoms with Crippen LogP contribution in [-0.2, 0) is 26.6 Å². The van der Waals surface area contributed by atoms with Crippen molar-refractivity contribution < 1.29 is 21.6 Å². The molecular weight excluding hydrogens is 450 g/mol. The van der Waals surface area contributed by atoms with Crippen molar-refractivity contribution in [3.05, 3.63) is 54.4 Å². The molecule has 0 spiro atoms. The molecular formula is C22H31N3O5S2. The number of hydrogen-bond donors (Lipinski definition) is 0. The van der Waals surface area contributed by atoms with Crippen molar-refractivity contribution in [1.82, 2.24) is 13.6 Å². The van der Waals surface area contributed by atoms with Gasteiger partial charge in [0.05, 0.1) is 23.4 Å². The van der Waals surface area contributed by atoms with E-state index >= 15 is 0 Å². The molecule has 10 heteroatoms. The van der Waals surface area contributed by atoms with Gasteiger partial charge in [0.1, 0.15) is 11.9 Å². The summed E-state index contributed by atoms with van der Waals surface area (Å²) < 4.78 is 58.7. The van der Waals surface area contributed by atoms with Crippen molar-refractivity contribution in [3.8, 4) is 5.75 Å². The summed E-state index contributed by atoms with van der Waals surface area (Å²) in [6.07, 6.45) is 3.96. The molecule has 1 saturated heterocycles. The van der Waals surface area contributed by atoms with Crippen LogP contribution in [0.5, 0.6) is 5.75 Å². The summed E-state index contributed by atoms with van der Waals surface area (Å²) in [7, 11) is -6.89. The zero-order valence-electron chi connectivity index (χ0n) is 18.7. The van der Waals surface area contributed by atoms with E-state index < -0.39 is 20.0 Å². The lowest BCUT2D eigenvalue weighted by atomic mass is 10.1. The number of aromatic nitrogens is 1. The fraction of sp³-hybridized carbons (Fsp3) is 0.500. The maximum absolute atomic E-state index is 13.3. The van der Waals surface area contributed by atoms with Crippen LogP contribution < -0.4 is 4.74 Å². The molecule has 32 heavy (non-hydrogen) atoms. The van der Waals surface area contributed by atoms with E-state index in [0.717, 1.165) is 0 Å². The first kappa shape index (κ1) is 24.6. The van der Waals surface area contributed by atoms with Gasteiger partial charge in [0, 0.05) is 25.8 Å². The van der Waals surface area contributed by atoms with Gasteiger partial charge in [-0.2, -0.15) is 4.31 Å². The smallest absolute Gasteiger partial charge is 0.243 e. The SMILES string of the molecule is CC(C)CN(Cc1ccccn1)S(=O)(=O)c1ccc(OC2CCN(S(C)(=O)=O)CC2)cc1. The number of ether oxygens (including phenoxy) is 1. The molecule has 0 radical (unpaired) electrons. The van der Waals surface area contributed by atoms with Gasteiger partial charge in [-0.15, -0.1) is 0 Å². The van der Waals surface area contributed by atoms with E-state index in [4.69, 9.17) is 4.74 Å². The summed E-state index contributed by atoms with van der Waals surface area (Å²) in [4.78, 5) is 4.47. The van der Waals surface area contributed by atoms with Crippen LogP contribution >= 0.6 is 0 Å². The van der Waals surface area contributed by atoms with Crippen LogP contribution in [0.4, 0.5) is 0 Å². The Morgan fingerprint density at radius 3 is 2.25 bits per heavy atom. The van der Waals surface area contributed by atoms with E-state index in [0.29, 0.717) is 43.9 Å². The van der Waals surface area contributed by atoms with Crippen LogP contribution in [0.1, 0.15) is 32.4 Å². The molecule has 8 nitrogen and oxygen atoms in total. The lowest BCUT2D eigenvalue weighted by Crippen LogP contribution is -2.41. The van der Waals surface area contributed by atoms with Crippen LogP contribution in [0.2, 0.25) is 0 Å². The van der Waals surface area contributed by atoms with Gasteiger partial charge >= 0.3 is 0 Å². The van der Waals surface area contributed by atoms with Crippen molar-refractivity contribution in [3.63, 3.8) is 0 Å². The molecule has 1 aromatic carbocycles. The molecule has 0 unspecified atom stereocenters. The minimum Gasteiger partial charge on any atom is -0.490 e. The third-order valence-corrected chi connectivity index (χ3v) is 8.40. The zero-order chi connectivity index (χ0) is 23.4. The monoisotopic (exact) mass is 481 g/mol. The summed E-state index contributed by atoms with van der Waals surface area (Å²) in [6.45, 7) is 5.40. The summed E-state index contributed by atoms with van der Waals surface area (Å²) in [6, 6.07) is 11.9. The fourth-order valence-corrected chi connectivity index (χ4v) is 6.09. The molecule has 0 atom stereocenters. The Morgan fingerprint density at radius 2 is 1.72 bits per heavy atom. The van der Waals surface area contributed by atoms with E-state index in [1.807, 2.05) is 26.0 Å². The maximum Gasteiger partial charge on any atom is 0.243 e. The van der Waals surface area contributed by atoms with Gasteiger partial charge in [0.15, 0.2) is 0 Å². The third kappa shape index (κ3) is 6.50. The minimum absolute atomic E-state index is 0.1000. The Bertz CT molecular complexity index is 1080. The minimum atomic E-state index is -3.70. The molecule has 1 aromatic heterocycles. The van der Waals surface area contributed by atoms with Crippen molar-refractivity contribution in [2.75, 3.05) is 25.9 Å². The molecule has 2 heterocycles. The highest BCUT2D eigenvalue weighted by Gasteiger charge is 2.27. The summed E-state index contributed by atoms with van der Waals surface area (Å²) in [5.74, 6) is 0.732. The maximum atomic E-state index is 13.3. The summed E-state index contributed by atoms with van der Waals surface area (Å²) in [5.41, 5.74) is 0.692. The molecule has 176 valence electrons. The molecule has 0 N–H and O–H groups in total. The van der Waals surface area contributed by atoms with Gasteiger partial charge < -0.3 is 4.74 Å². The second-order valence-electron chi connectivity index (χ2n) is 8.46. The van der Waals surface area contributed by atoms with Gasteiger partial charge in [0.25, 0.3) is 0 Å². The Hall–Kier alpha value is -2.01. The normalized spacial score (nSPS) is 16.5. The molecule has 0 amide bonds. The first-order chi connectivity index (χ1) is 15.1. The predicted octanol–water partition coefficient (Wildman–Crippen LogP) is 2.73. The first-order valence-electron chi connectivity index (χ1n) is 10.7. The van der Waals surface area contributed by atoms with Crippen LogP contribution in [0.3, 0.4) is 0 Å². The van der Waals surface area contributed by atoms with E-state index in [1.165, 1.54) is 14.9 Å². The highest BCUT2D eigenvalue weighted by Crippen LogP contribution is 2.24. The van der Waals surface area contributed by atoms with Gasteiger partial charge in [-0.25, -0.2) is 21.1 Å². The number of hydrogen-bond acceptors (Lipinski definition) is 6. The largest absolute Gasteiger partial charge is 0.490 e. The zero-order valence-corrected chi connectivity index (χ0v) is 20.3. The second kappa shape index (κ2) is 10.3. The Labute approximate surface area is 191 Å². The van der Waals surface area contributed by atoms with Gasteiger partial charge in [-0.05, 0) is 55.2 Å². The van der Waals surface area contributed by atoms with Crippen LogP contribution in [-0.4, -0.2) is 62.4 Å². The second-order valence-corrected chi connectivity index (χ2v) is 12.4. The van der Waals surface area contributed by atoms with E-state index in [-0.39, 0.29) is 23.5 Å². The van der Waals surface area contributed by atoms with Crippen molar-refractivity contribution in [2.45, 2.75) is 44.2 Å². The average Bonchev–Trinajstić information content (AvgIpc) is 2.74. The quantitative estimate of drug-likeness (QED) is 0.546. The summed E-state index contributed by atoms with van der Waals surface area (Å²) >= 11 is 0. The predicted molar refractivity (Wildman–Crippen MR) is 123 cm³/mol. The molecule has 3 rings (SSSR count). The first-order valence-corrected chi connectivity index (χ1v) is 14.0. The Morgan fingerprint density at radius 1 is 1.06 bits per heavy atom. The van der Waals surface area contributed by atoms with E-state index in [9.17, 15) is 16.8 Å². The van der Waals surface area contributed by atoms with Crippen molar-refractivity contribution in [1.29, 1.82) is 0 Å². The molecule has 0 bridgehead atoms.